The number of nitrogens with one attached hydrogen (secondary N) is 2. The number of nitrogens with zero attached hydrogens (tertiary/aromatic N) is 4. The summed E-state index contributed by atoms with van der Waals surface area (Å²) < 4.78 is 56.3. The zero-order valence-electron chi connectivity index (χ0n) is 16.2. The van der Waals surface area contributed by atoms with Gasteiger partial charge in [-0.3, -0.25) is 9.40 Å². The van der Waals surface area contributed by atoms with E-state index in [0.29, 0.717) is 17.1 Å². The number of sulfonamides is 2. The standard InChI is InChI=1S/C17H20N6O4S2/c1-11-9-12(2)19-17(18-11)22-28(24,25)15-7-5-14(6-8-15)21-29(26,27)16-10-23(4)20-13(16)3/h5-10,21H,1-4H3,(H,18,19,22). The minimum absolute atomic E-state index is 0.0284. The number of hydrogen-bond acceptors (Lipinski definition) is 7. The Balaban J connectivity index is 1.81. The number of aryl methyl sites for hydroxylation is 4. The Morgan fingerprint density at radius 2 is 1.45 bits per heavy atom. The highest BCUT2D eigenvalue weighted by atomic mass is 32.2. The van der Waals surface area contributed by atoms with E-state index in [9.17, 15) is 16.8 Å². The van der Waals surface area contributed by atoms with Crippen molar-refractivity contribution in [2.45, 2.75) is 30.6 Å². The molecule has 1 aromatic carbocycles. The highest BCUT2D eigenvalue weighted by molar-refractivity contribution is 7.93. The maximum Gasteiger partial charge on any atom is 0.265 e. The van der Waals surface area contributed by atoms with Gasteiger partial charge in [0.25, 0.3) is 20.0 Å². The minimum atomic E-state index is -3.93. The van der Waals surface area contributed by atoms with E-state index >= 15 is 0 Å². The lowest BCUT2D eigenvalue weighted by Crippen LogP contribution is -2.16. The first-order chi connectivity index (χ1) is 13.5. The van der Waals surface area contributed by atoms with Crippen molar-refractivity contribution < 1.29 is 16.8 Å². The molecule has 0 unspecified atom stereocenters. The maximum atomic E-state index is 12.5. The Hall–Kier alpha value is -2.99. The van der Waals surface area contributed by atoms with Gasteiger partial charge in [0.15, 0.2) is 0 Å². The average molecular weight is 437 g/mol. The van der Waals surface area contributed by atoms with Crippen LogP contribution in [0.4, 0.5) is 11.6 Å². The summed E-state index contributed by atoms with van der Waals surface area (Å²) in [7, 11) is -6.15. The number of aromatic nitrogens is 4. The molecule has 0 bridgehead atoms. The van der Waals surface area contributed by atoms with Crippen molar-refractivity contribution in [3.63, 3.8) is 0 Å². The number of hydrogen-bond donors (Lipinski definition) is 2. The van der Waals surface area contributed by atoms with Crippen molar-refractivity contribution in [3.8, 4) is 0 Å². The molecule has 12 heteroatoms. The van der Waals surface area contributed by atoms with Crippen molar-refractivity contribution in [1.29, 1.82) is 0 Å². The first-order valence-corrected chi connectivity index (χ1v) is 11.4. The largest absolute Gasteiger partial charge is 0.280 e. The van der Waals surface area contributed by atoms with Gasteiger partial charge in [-0.15, -0.1) is 0 Å². The first kappa shape index (κ1) is 20.7. The smallest absolute Gasteiger partial charge is 0.265 e. The second-order valence-electron chi connectivity index (χ2n) is 6.46. The highest BCUT2D eigenvalue weighted by Crippen LogP contribution is 2.21. The molecule has 10 nitrogen and oxygen atoms in total. The number of rotatable bonds is 6. The molecule has 2 N–H and O–H groups in total. The van der Waals surface area contributed by atoms with Crippen LogP contribution in [0.3, 0.4) is 0 Å². The maximum absolute atomic E-state index is 12.5. The van der Waals surface area contributed by atoms with E-state index in [1.54, 1.807) is 33.9 Å². The fraction of sp³-hybridized carbons (Fsp3) is 0.235. The van der Waals surface area contributed by atoms with Gasteiger partial charge in [0.05, 0.1) is 10.6 Å². The highest BCUT2D eigenvalue weighted by Gasteiger charge is 2.21. The molecule has 29 heavy (non-hydrogen) atoms. The van der Waals surface area contributed by atoms with Crippen molar-refractivity contribution in [2.24, 2.45) is 7.05 Å². The third-order valence-corrected chi connectivity index (χ3v) is 6.71. The van der Waals surface area contributed by atoms with E-state index in [1.165, 1.54) is 35.1 Å². The minimum Gasteiger partial charge on any atom is -0.280 e. The molecule has 0 fully saturated rings. The molecular formula is C17H20N6O4S2. The summed E-state index contributed by atoms with van der Waals surface area (Å²) in [6, 6.07) is 7.03. The molecule has 2 aromatic heterocycles. The van der Waals surface area contributed by atoms with Crippen LogP contribution in [0.2, 0.25) is 0 Å². The van der Waals surface area contributed by atoms with Gasteiger partial charge in [-0.05, 0) is 51.1 Å². The van der Waals surface area contributed by atoms with Gasteiger partial charge in [-0.25, -0.2) is 31.5 Å². The molecule has 0 aliphatic rings. The van der Waals surface area contributed by atoms with Crippen LogP contribution in [0, 0.1) is 20.8 Å². The molecule has 2 heterocycles. The second-order valence-corrected chi connectivity index (χ2v) is 9.80. The molecular weight excluding hydrogens is 416 g/mol. The van der Waals surface area contributed by atoms with Crippen LogP contribution in [0.25, 0.3) is 0 Å². The molecule has 0 aliphatic heterocycles. The van der Waals surface area contributed by atoms with Gasteiger partial charge < -0.3 is 0 Å². The van der Waals surface area contributed by atoms with Crippen LogP contribution in [0.5, 0.6) is 0 Å². The SMILES string of the molecule is Cc1cc(C)nc(NS(=O)(=O)c2ccc(NS(=O)(=O)c3cn(C)nc3C)cc2)n1. The molecule has 0 atom stereocenters. The summed E-state index contributed by atoms with van der Waals surface area (Å²) in [5, 5.41) is 4.02. The molecule has 3 aromatic rings. The van der Waals surface area contributed by atoms with Crippen LogP contribution >= 0.6 is 0 Å². The van der Waals surface area contributed by atoms with Crippen LogP contribution in [-0.4, -0.2) is 36.6 Å². The van der Waals surface area contributed by atoms with Crippen molar-refractivity contribution in [1.82, 2.24) is 19.7 Å². The summed E-state index contributed by atoms with van der Waals surface area (Å²) >= 11 is 0. The first-order valence-electron chi connectivity index (χ1n) is 8.44. The lowest BCUT2D eigenvalue weighted by Gasteiger charge is -2.10. The normalized spacial score (nSPS) is 12.0. The van der Waals surface area contributed by atoms with Crippen LogP contribution in [-0.2, 0) is 27.1 Å². The predicted octanol–water partition coefficient (Wildman–Crippen LogP) is 1.74. The third kappa shape index (κ3) is 4.71. The Bertz CT molecular complexity index is 1250. The lowest BCUT2D eigenvalue weighted by atomic mass is 10.3. The van der Waals surface area contributed by atoms with E-state index in [-0.39, 0.29) is 21.4 Å². The zero-order chi connectivity index (χ0) is 21.4. The fourth-order valence-corrected chi connectivity index (χ4v) is 4.93. The number of benzene rings is 1. The van der Waals surface area contributed by atoms with E-state index < -0.39 is 20.0 Å². The van der Waals surface area contributed by atoms with Crippen molar-refractivity contribution in [3.05, 3.63) is 53.6 Å². The topological polar surface area (TPSA) is 136 Å². The van der Waals surface area contributed by atoms with Crippen molar-refractivity contribution >= 4 is 31.7 Å². The summed E-state index contributed by atoms with van der Waals surface area (Å²) in [5.41, 5.74) is 1.84. The summed E-state index contributed by atoms with van der Waals surface area (Å²) in [6.45, 7) is 5.06. The van der Waals surface area contributed by atoms with Gasteiger partial charge in [0.2, 0.25) is 5.95 Å². The fourth-order valence-electron chi connectivity index (χ4n) is 2.70. The van der Waals surface area contributed by atoms with Crippen LogP contribution < -0.4 is 9.44 Å². The van der Waals surface area contributed by atoms with Crippen molar-refractivity contribution in [2.75, 3.05) is 9.44 Å². The van der Waals surface area contributed by atoms with Gasteiger partial charge in [0, 0.05) is 30.3 Å². The Morgan fingerprint density at radius 3 is 1.97 bits per heavy atom. The van der Waals surface area contributed by atoms with Crippen LogP contribution in [0.15, 0.2) is 46.3 Å². The summed E-state index contributed by atoms with van der Waals surface area (Å²) in [6.07, 6.45) is 1.39. The van der Waals surface area contributed by atoms with E-state index in [2.05, 4.69) is 24.5 Å². The Labute approximate surface area is 169 Å². The summed E-state index contributed by atoms with van der Waals surface area (Å²) in [4.78, 5) is 8.10. The molecule has 0 saturated heterocycles. The quantitative estimate of drug-likeness (QED) is 0.600. The molecule has 0 amide bonds. The Kier molecular flexibility index (Phi) is 5.32. The average Bonchev–Trinajstić information content (AvgIpc) is 2.93. The van der Waals surface area contributed by atoms with E-state index in [0.717, 1.165) is 0 Å². The monoisotopic (exact) mass is 436 g/mol. The lowest BCUT2D eigenvalue weighted by molar-refractivity contribution is 0.599. The Morgan fingerprint density at radius 1 is 0.862 bits per heavy atom. The molecule has 0 aliphatic carbocycles. The van der Waals surface area contributed by atoms with Gasteiger partial charge in [-0.1, -0.05) is 0 Å². The molecule has 0 saturated carbocycles. The van der Waals surface area contributed by atoms with Crippen LogP contribution in [0.1, 0.15) is 17.1 Å². The molecule has 0 radical (unpaired) electrons. The summed E-state index contributed by atoms with van der Waals surface area (Å²) in [5.74, 6) is -0.0284. The van der Waals surface area contributed by atoms with Gasteiger partial charge >= 0.3 is 0 Å². The molecule has 154 valence electrons. The molecule has 0 spiro atoms. The van der Waals surface area contributed by atoms with Gasteiger partial charge in [-0.2, -0.15) is 5.10 Å². The van der Waals surface area contributed by atoms with E-state index in [1.807, 2.05) is 0 Å². The predicted molar refractivity (Wildman–Crippen MR) is 108 cm³/mol. The second kappa shape index (κ2) is 7.44. The van der Waals surface area contributed by atoms with E-state index in [4.69, 9.17) is 0 Å². The zero-order valence-corrected chi connectivity index (χ0v) is 17.8. The third-order valence-electron chi connectivity index (χ3n) is 3.88. The number of anilines is 2. The molecule has 3 rings (SSSR count). The van der Waals surface area contributed by atoms with Gasteiger partial charge in [0.1, 0.15) is 4.90 Å².